The lowest BCUT2D eigenvalue weighted by Crippen LogP contribution is -2.30. The lowest BCUT2D eigenvalue weighted by Gasteiger charge is -2.19. The van der Waals surface area contributed by atoms with Gasteiger partial charge in [-0.1, -0.05) is 121 Å². The van der Waals surface area contributed by atoms with Crippen molar-refractivity contribution >= 4 is 40.3 Å². The van der Waals surface area contributed by atoms with Crippen LogP contribution in [0.25, 0.3) is 0 Å². The summed E-state index contributed by atoms with van der Waals surface area (Å²) in [6, 6.07) is 51.8. The Morgan fingerprint density at radius 2 is 1.14 bits per heavy atom. The second-order valence-electron chi connectivity index (χ2n) is 12.4. The van der Waals surface area contributed by atoms with E-state index in [0.29, 0.717) is 25.2 Å². The van der Waals surface area contributed by atoms with E-state index in [0.717, 1.165) is 56.1 Å². The number of nitrogens with one attached hydrogen (secondary N) is 1. The fraction of sp³-hybridized carbons (Fsp3) is 0.0930. The number of rotatable bonds is 9. The van der Waals surface area contributed by atoms with E-state index >= 15 is 0 Å². The smallest absolute Gasteiger partial charge is 0.277 e. The maximum absolute atomic E-state index is 13.8. The highest BCUT2D eigenvalue weighted by molar-refractivity contribution is 6.54. The third kappa shape index (κ3) is 6.12. The summed E-state index contributed by atoms with van der Waals surface area (Å²) in [7, 11) is 0. The molecule has 49 heavy (non-hydrogen) atoms. The summed E-state index contributed by atoms with van der Waals surface area (Å²) < 4.78 is 0. The van der Waals surface area contributed by atoms with Crippen LogP contribution in [-0.4, -0.2) is 17.5 Å². The second-order valence-corrected chi connectivity index (χ2v) is 12.4. The predicted octanol–water partition coefficient (Wildman–Crippen LogP) is 8.65. The predicted molar refractivity (Wildman–Crippen MR) is 196 cm³/mol. The number of amides is 2. The van der Waals surface area contributed by atoms with Crippen molar-refractivity contribution in [2.45, 2.75) is 25.6 Å². The molecule has 0 spiro atoms. The van der Waals surface area contributed by atoms with Crippen LogP contribution in [0.3, 0.4) is 0 Å². The quantitative estimate of drug-likeness (QED) is 0.172. The third-order valence-corrected chi connectivity index (χ3v) is 9.11. The normalized spacial score (nSPS) is 15.8. The Morgan fingerprint density at radius 3 is 1.90 bits per heavy atom. The first-order valence-electron chi connectivity index (χ1n) is 16.5. The van der Waals surface area contributed by atoms with E-state index < -0.39 is 6.04 Å². The molecular weight excluding hydrogens is 604 g/mol. The van der Waals surface area contributed by atoms with Crippen molar-refractivity contribution < 1.29 is 9.59 Å². The fourth-order valence-electron chi connectivity index (χ4n) is 6.78. The molecule has 8 rings (SSSR count). The van der Waals surface area contributed by atoms with Gasteiger partial charge in [0.05, 0.1) is 24.5 Å². The molecule has 238 valence electrons. The number of carbonyl (C=O) groups excluding carboxylic acids is 2. The number of nitrogens with zero attached hydrogens (tertiary/aromatic N) is 3. The Kier molecular flexibility index (Phi) is 8.04. The molecule has 0 saturated heterocycles. The van der Waals surface area contributed by atoms with E-state index in [9.17, 15) is 9.59 Å². The van der Waals surface area contributed by atoms with Crippen molar-refractivity contribution in [1.82, 2.24) is 0 Å². The molecule has 6 nitrogen and oxygen atoms in total. The highest BCUT2D eigenvalue weighted by atomic mass is 16.2. The SMILES string of the molecule is O=C1C(=Nc2cccc(Cc3cccc(N[C@H]4C(=O)N(Cc5ccccc5)c5ccccc54)c3)c2)c2ccccc2N1Cc1ccccc1. The van der Waals surface area contributed by atoms with Gasteiger partial charge in [-0.2, -0.15) is 0 Å². The van der Waals surface area contributed by atoms with Crippen molar-refractivity contribution in [1.29, 1.82) is 0 Å². The summed E-state index contributed by atoms with van der Waals surface area (Å²) in [4.78, 5) is 36.0. The number of aliphatic imine (C=N–C) groups is 1. The van der Waals surface area contributed by atoms with Gasteiger partial charge in [0.2, 0.25) is 0 Å². The molecule has 6 aromatic rings. The van der Waals surface area contributed by atoms with Crippen molar-refractivity contribution in [3.8, 4) is 0 Å². The molecular formula is C43H34N4O2. The standard InChI is InChI=1S/C43H34N4O2/c48-42-40(36-21-7-9-23-38(36)46(42)28-30-13-3-1-4-14-30)44-34-19-11-17-32(26-34)25-33-18-12-20-35(27-33)45-41-37-22-8-10-24-39(37)47(43(41)49)29-31-15-5-2-6-16-31/h1-24,26-27,40,44H,25,28-29H2/t40-/m1/s1. The van der Waals surface area contributed by atoms with Gasteiger partial charge in [-0.15, -0.1) is 0 Å². The average Bonchev–Trinajstić information content (AvgIpc) is 3.55. The van der Waals surface area contributed by atoms with Gasteiger partial charge in [0, 0.05) is 22.5 Å². The van der Waals surface area contributed by atoms with Gasteiger partial charge in [0.1, 0.15) is 11.8 Å². The van der Waals surface area contributed by atoms with Crippen molar-refractivity contribution in [3.63, 3.8) is 0 Å². The zero-order chi connectivity index (χ0) is 33.2. The molecule has 0 unspecified atom stereocenters. The lowest BCUT2D eigenvalue weighted by atomic mass is 10.0. The number of hydrogen-bond donors (Lipinski definition) is 1. The maximum Gasteiger partial charge on any atom is 0.277 e. The van der Waals surface area contributed by atoms with Crippen LogP contribution in [0.4, 0.5) is 22.7 Å². The Balaban J connectivity index is 1.01. The molecule has 1 N–H and O–H groups in total. The molecule has 0 bridgehead atoms. The molecule has 0 radical (unpaired) electrons. The number of benzene rings is 6. The summed E-state index contributed by atoms with van der Waals surface area (Å²) in [5.74, 6) is -0.0627. The zero-order valence-electron chi connectivity index (χ0n) is 26.9. The number of carbonyl (C=O) groups is 2. The van der Waals surface area contributed by atoms with Crippen molar-refractivity contribution in [2.75, 3.05) is 15.1 Å². The molecule has 0 aliphatic carbocycles. The molecule has 0 saturated carbocycles. The van der Waals surface area contributed by atoms with Crippen LogP contribution in [0.15, 0.2) is 163 Å². The van der Waals surface area contributed by atoms with Crippen LogP contribution < -0.4 is 15.1 Å². The van der Waals surface area contributed by atoms with Gasteiger partial charge in [0.25, 0.3) is 11.8 Å². The van der Waals surface area contributed by atoms with Gasteiger partial charge in [-0.05, 0) is 65.1 Å². The van der Waals surface area contributed by atoms with Gasteiger partial charge in [-0.25, -0.2) is 4.99 Å². The number of para-hydroxylation sites is 2. The molecule has 2 amide bonds. The minimum absolute atomic E-state index is 0.0348. The average molecular weight is 639 g/mol. The number of anilines is 3. The zero-order valence-corrected chi connectivity index (χ0v) is 26.9. The first-order valence-corrected chi connectivity index (χ1v) is 16.5. The summed E-state index contributed by atoms with van der Waals surface area (Å²) in [5.41, 5.74) is 10.1. The van der Waals surface area contributed by atoms with E-state index in [-0.39, 0.29) is 11.8 Å². The summed E-state index contributed by atoms with van der Waals surface area (Å²) in [5, 5.41) is 3.53. The topological polar surface area (TPSA) is 65.0 Å². The van der Waals surface area contributed by atoms with Gasteiger partial charge >= 0.3 is 0 Å². The fourth-order valence-corrected chi connectivity index (χ4v) is 6.78. The van der Waals surface area contributed by atoms with E-state index in [1.807, 2.05) is 144 Å². The van der Waals surface area contributed by atoms with Crippen LogP contribution in [0, 0.1) is 0 Å². The molecule has 6 aromatic carbocycles. The highest BCUT2D eigenvalue weighted by Gasteiger charge is 2.37. The molecule has 0 fully saturated rings. The Morgan fingerprint density at radius 1 is 0.551 bits per heavy atom. The van der Waals surface area contributed by atoms with Gasteiger partial charge in [0.15, 0.2) is 0 Å². The molecule has 2 aliphatic rings. The molecule has 6 heteroatoms. The number of hydrogen-bond acceptors (Lipinski definition) is 4. The van der Waals surface area contributed by atoms with Crippen LogP contribution in [0.5, 0.6) is 0 Å². The Hall–Kier alpha value is -6.27. The highest BCUT2D eigenvalue weighted by Crippen LogP contribution is 2.39. The van der Waals surface area contributed by atoms with Gasteiger partial charge in [-0.3, -0.25) is 9.59 Å². The maximum atomic E-state index is 13.8. The summed E-state index contributed by atoms with van der Waals surface area (Å²) >= 11 is 0. The molecule has 0 aromatic heterocycles. The van der Waals surface area contributed by atoms with Crippen molar-refractivity contribution in [3.05, 3.63) is 191 Å². The lowest BCUT2D eigenvalue weighted by molar-refractivity contribution is -0.119. The largest absolute Gasteiger partial charge is 0.370 e. The molecule has 2 aliphatic heterocycles. The van der Waals surface area contributed by atoms with Gasteiger partial charge < -0.3 is 15.1 Å². The van der Waals surface area contributed by atoms with Crippen LogP contribution in [0.2, 0.25) is 0 Å². The minimum Gasteiger partial charge on any atom is -0.370 e. The molecule has 2 heterocycles. The number of fused-ring (bicyclic) bond motifs is 2. The molecule has 1 atom stereocenters. The van der Waals surface area contributed by atoms with Crippen LogP contribution in [-0.2, 0) is 29.1 Å². The Labute approximate surface area is 286 Å². The third-order valence-electron chi connectivity index (χ3n) is 9.11. The monoisotopic (exact) mass is 638 g/mol. The van der Waals surface area contributed by atoms with E-state index in [4.69, 9.17) is 4.99 Å². The summed E-state index contributed by atoms with van der Waals surface area (Å²) in [6.07, 6.45) is 0.675. The van der Waals surface area contributed by atoms with E-state index in [1.54, 1.807) is 4.90 Å². The van der Waals surface area contributed by atoms with E-state index in [1.165, 1.54) is 0 Å². The second kappa shape index (κ2) is 13.1. The first kappa shape index (κ1) is 30.1. The van der Waals surface area contributed by atoms with Crippen molar-refractivity contribution in [2.24, 2.45) is 4.99 Å². The van der Waals surface area contributed by atoms with Crippen LogP contribution in [0.1, 0.15) is 39.4 Å². The van der Waals surface area contributed by atoms with E-state index in [2.05, 4.69) is 23.5 Å². The Bertz CT molecular complexity index is 2200. The summed E-state index contributed by atoms with van der Waals surface area (Å²) in [6.45, 7) is 1.01. The first-order chi connectivity index (χ1) is 24.1. The minimum atomic E-state index is -0.470. The van der Waals surface area contributed by atoms with Crippen LogP contribution >= 0.6 is 0 Å².